The van der Waals surface area contributed by atoms with Crippen LogP contribution in [0.1, 0.15) is 20.2 Å². The van der Waals surface area contributed by atoms with Gasteiger partial charge in [0.2, 0.25) is 5.78 Å². The molecular weight excluding hydrogens is 329 g/mol. The Hall–Kier alpha value is -2.38. The molecule has 3 rings (SSSR count). The summed E-state index contributed by atoms with van der Waals surface area (Å²) in [4.78, 5) is 31.2. The molecular formula is C17H16FN3O2S. The van der Waals surface area contributed by atoms with Gasteiger partial charge in [-0.2, -0.15) is 0 Å². The van der Waals surface area contributed by atoms with Gasteiger partial charge in [-0.05, 0) is 26.2 Å². The molecule has 0 unspecified atom stereocenters. The Morgan fingerprint density at radius 3 is 2.71 bits per heavy atom. The zero-order valence-electron chi connectivity index (χ0n) is 13.3. The molecule has 5 nitrogen and oxygen atoms in total. The smallest absolute Gasteiger partial charge is 0.228 e. The molecule has 24 heavy (non-hydrogen) atoms. The molecule has 7 heteroatoms. The van der Waals surface area contributed by atoms with E-state index in [1.54, 1.807) is 18.2 Å². The fourth-order valence-electron chi connectivity index (χ4n) is 2.33. The number of carbonyl (C=O) groups is 2. The molecule has 2 aromatic rings. The van der Waals surface area contributed by atoms with Crippen molar-refractivity contribution in [3.8, 4) is 10.6 Å². The number of halogens is 1. The number of nitrogens with zero attached hydrogens (tertiary/aromatic N) is 2. The molecule has 1 aliphatic rings. The van der Waals surface area contributed by atoms with Gasteiger partial charge in [0.05, 0.1) is 5.70 Å². The third kappa shape index (κ3) is 3.13. The first-order valence-electron chi connectivity index (χ1n) is 7.42. The number of fused-ring (bicyclic) bond motifs is 1. The largest absolute Gasteiger partial charge is 0.380 e. The summed E-state index contributed by atoms with van der Waals surface area (Å²) < 4.78 is 13.9. The highest BCUT2D eigenvalue weighted by Gasteiger charge is 2.30. The maximum absolute atomic E-state index is 13.9. The molecule has 0 spiro atoms. The number of hydrogen-bond acceptors (Lipinski definition) is 6. The van der Waals surface area contributed by atoms with Crippen molar-refractivity contribution in [3.05, 3.63) is 52.4 Å². The number of carbonyl (C=O) groups excluding carboxylic acids is 2. The normalized spacial score (nSPS) is 13.9. The second kappa shape index (κ2) is 6.62. The van der Waals surface area contributed by atoms with Crippen LogP contribution in [0.25, 0.3) is 10.6 Å². The Labute approximate surface area is 142 Å². The average molecular weight is 345 g/mol. The molecule has 1 aliphatic carbocycles. The van der Waals surface area contributed by atoms with Gasteiger partial charge in [-0.25, -0.2) is 9.37 Å². The van der Waals surface area contributed by atoms with Crippen LogP contribution >= 0.6 is 11.3 Å². The van der Waals surface area contributed by atoms with E-state index in [-0.39, 0.29) is 27.8 Å². The summed E-state index contributed by atoms with van der Waals surface area (Å²) in [6.07, 6.45) is 1.30. The number of allylic oxidation sites excluding steroid dienone is 2. The van der Waals surface area contributed by atoms with Crippen molar-refractivity contribution in [2.75, 3.05) is 27.2 Å². The summed E-state index contributed by atoms with van der Waals surface area (Å²) in [5.74, 6) is -1.04. The number of ketones is 2. The first-order chi connectivity index (χ1) is 11.5. The number of hydrogen-bond donors (Lipinski definition) is 1. The topological polar surface area (TPSA) is 62.3 Å². The van der Waals surface area contributed by atoms with Gasteiger partial charge in [-0.1, -0.05) is 12.1 Å². The molecule has 1 aromatic heterocycles. The molecule has 0 saturated heterocycles. The van der Waals surface area contributed by atoms with Crippen LogP contribution in [-0.4, -0.2) is 48.6 Å². The van der Waals surface area contributed by atoms with Crippen molar-refractivity contribution in [1.82, 2.24) is 15.2 Å². The predicted molar refractivity (Wildman–Crippen MR) is 90.8 cm³/mol. The monoisotopic (exact) mass is 345 g/mol. The first kappa shape index (κ1) is 16.5. The summed E-state index contributed by atoms with van der Waals surface area (Å²) in [5.41, 5.74) is 0.623. The van der Waals surface area contributed by atoms with Gasteiger partial charge < -0.3 is 10.2 Å². The summed E-state index contributed by atoms with van der Waals surface area (Å²) in [6.45, 7) is 1.26. The zero-order chi connectivity index (χ0) is 17.3. The zero-order valence-corrected chi connectivity index (χ0v) is 14.1. The van der Waals surface area contributed by atoms with Crippen molar-refractivity contribution >= 4 is 22.9 Å². The van der Waals surface area contributed by atoms with Crippen LogP contribution < -0.4 is 5.32 Å². The third-order valence-corrected chi connectivity index (χ3v) is 4.67. The Morgan fingerprint density at radius 1 is 1.25 bits per heavy atom. The van der Waals surface area contributed by atoms with E-state index in [2.05, 4.69) is 10.3 Å². The SMILES string of the molecule is CN(C)CCNC1=CC(=O)c2sc(-c3ccccc3F)nc2C1=O. The molecule has 0 fully saturated rings. The molecule has 0 radical (unpaired) electrons. The van der Waals surface area contributed by atoms with Crippen molar-refractivity contribution < 1.29 is 14.0 Å². The van der Waals surface area contributed by atoms with E-state index >= 15 is 0 Å². The summed E-state index contributed by atoms with van der Waals surface area (Å²) in [6, 6.07) is 6.18. The van der Waals surface area contributed by atoms with Crippen LogP contribution in [-0.2, 0) is 0 Å². The van der Waals surface area contributed by atoms with Gasteiger partial charge in [0.25, 0.3) is 0 Å². The summed E-state index contributed by atoms with van der Waals surface area (Å²) in [5, 5.41) is 3.31. The van der Waals surface area contributed by atoms with Crippen LogP contribution in [0.4, 0.5) is 4.39 Å². The molecule has 1 N–H and O–H groups in total. The average Bonchev–Trinajstić information content (AvgIpc) is 2.98. The highest BCUT2D eigenvalue weighted by molar-refractivity contribution is 7.17. The molecule has 0 amide bonds. The quantitative estimate of drug-likeness (QED) is 0.901. The molecule has 1 heterocycles. The first-order valence-corrected chi connectivity index (χ1v) is 8.24. The van der Waals surface area contributed by atoms with E-state index in [0.717, 1.165) is 17.9 Å². The highest BCUT2D eigenvalue weighted by atomic mass is 32.1. The van der Waals surface area contributed by atoms with Crippen molar-refractivity contribution in [2.24, 2.45) is 0 Å². The van der Waals surface area contributed by atoms with Crippen LogP contribution in [0.5, 0.6) is 0 Å². The maximum Gasteiger partial charge on any atom is 0.228 e. The van der Waals surface area contributed by atoms with E-state index in [9.17, 15) is 14.0 Å². The molecule has 0 saturated carbocycles. The predicted octanol–water partition coefficient (Wildman–Crippen LogP) is 2.36. The van der Waals surface area contributed by atoms with Crippen LogP contribution in [0, 0.1) is 5.82 Å². The van der Waals surface area contributed by atoms with Crippen molar-refractivity contribution in [1.29, 1.82) is 0 Å². The second-order valence-electron chi connectivity index (χ2n) is 5.66. The van der Waals surface area contributed by atoms with Gasteiger partial charge in [0, 0.05) is 24.7 Å². The number of benzene rings is 1. The number of aromatic nitrogens is 1. The minimum absolute atomic E-state index is 0.0955. The van der Waals surface area contributed by atoms with Crippen LogP contribution in [0.2, 0.25) is 0 Å². The molecule has 1 aromatic carbocycles. The second-order valence-corrected chi connectivity index (χ2v) is 6.66. The van der Waals surface area contributed by atoms with Crippen LogP contribution in [0.3, 0.4) is 0 Å². The molecule has 0 atom stereocenters. The lowest BCUT2D eigenvalue weighted by Gasteiger charge is -2.15. The standard InChI is InChI=1S/C17H16FN3O2S/c1-21(2)8-7-19-12-9-13(22)16-14(15(12)23)20-17(24-16)10-5-3-4-6-11(10)18/h3-6,9,19H,7-8H2,1-2H3. The third-order valence-electron chi connectivity index (χ3n) is 3.56. The van der Waals surface area contributed by atoms with E-state index < -0.39 is 5.82 Å². The lowest BCUT2D eigenvalue weighted by Crippen LogP contribution is -2.31. The summed E-state index contributed by atoms with van der Waals surface area (Å²) in [7, 11) is 3.84. The van der Waals surface area contributed by atoms with Gasteiger partial charge in [-0.15, -0.1) is 11.3 Å². The minimum Gasteiger partial charge on any atom is -0.380 e. The lowest BCUT2D eigenvalue weighted by atomic mass is 10.0. The van der Waals surface area contributed by atoms with Crippen LogP contribution in [0.15, 0.2) is 36.0 Å². The number of nitrogens with one attached hydrogen (secondary N) is 1. The highest BCUT2D eigenvalue weighted by Crippen LogP contribution is 2.33. The van der Waals surface area contributed by atoms with Gasteiger partial charge in [-0.3, -0.25) is 9.59 Å². The van der Waals surface area contributed by atoms with Gasteiger partial charge in [0.15, 0.2) is 5.78 Å². The van der Waals surface area contributed by atoms with E-state index in [0.29, 0.717) is 17.1 Å². The molecule has 124 valence electrons. The van der Waals surface area contributed by atoms with Gasteiger partial charge >= 0.3 is 0 Å². The van der Waals surface area contributed by atoms with E-state index in [1.165, 1.54) is 12.1 Å². The number of likely N-dealkylation sites (N-methyl/N-ethyl adjacent to an activating group) is 1. The Morgan fingerprint density at radius 2 is 2.00 bits per heavy atom. The fourth-order valence-corrected chi connectivity index (χ4v) is 3.33. The molecule has 0 aliphatic heterocycles. The van der Waals surface area contributed by atoms with Crippen molar-refractivity contribution in [3.63, 3.8) is 0 Å². The lowest BCUT2D eigenvalue weighted by molar-refractivity contribution is 0.0977. The van der Waals surface area contributed by atoms with E-state index in [4.69, 9.17) is 0 Å². The van der Waals surface area contributed by atoms with Gasteiger partial charge in [0.1, 0.15) is 21.4 Å². The molecule has 0 bridgehead atoms. The summed E-state index contributed by atoms with van der Waals surface area (Å²) >= 11 is 1.04. The van der Waals surface area contributed by atoms with E-state index in [1.807, 2.05) is 19.0 Å². The fraction of sp³-hybridized carbons (Fsp3) is 0.235. The Balaban J connectivity index is 1.89. The number of rotatable bonds is 5. The Kier molecular flexibility index (Phi) is 4.55. The maximum atomic E-state index is 13.9. The number of thiazole rings is 1. The Bertz CT molecular complexity index is 842. The minimum atomic E-state index is -0.430. The number of Topliss-reactive ketones (excluding diaryl/α,β-unsaturated/α-hetero) is 1. The van der Waals surface area contributed by atoms with Crippen molar-refractivity contribution in [2.45, 2.75) is 0 Å².